The molecule has 0 spiro atoms. The van der Waals surface area contributed by atoms with E-state index in [4.69, 9.17) is 0 Å². The van der Waals surface area contributed by atoms with Crippen molar-refractivity contribution in [3.8, 4) is 28.5 Å². The van der Waals surface area contributed by atoms with Gasteiger partial charge < -0.3 is 0 Å². The van der Waals surface area contributed by atoms with Crippen molar-refractivity contribution in [2.24, 2.45) is 0 Å². The highest BCUT2D eigenvalue weighted by Crippen LogP contribution is 2.23. The molecule has 116 valence electrons. The molecule has 0 saturated heterocycles. The van der Waals surface area contributed by atoms with Crippen molar-refractivity contribution in [1.29, 1.82) is 0 Å². The third-order valence-corrected chi connectivity index (χ3v) is 3.72. The molecule has 2 aromatic heterocycles. The largest absolute Gasteiger partial charge is 0.236 e. The molecule has 0 amide bonds. The van der Waals surface area contributed by atoms with E-state index in [9.17, 15) is 0 Å². The number of aromatic nitrogens is 6. The predicted octanol–water partition coefficient (Wildman–Crippen LogP) is 3.09. The molecule has 2 aromatic carbocycles. The number of benzene rings is 2. The van der Waals surface area contributed by atoms with Crippen molar-refractivity contribution in [1.82, 2.24) is 30.2 Å². The van der Waals surface area contributed by atoms with Crippen LogP contribution in [0.3, 0.4) is 0 Å². The molecule has 24 heavy (non-hydrogen) atoms. The summed E-state index contributed by atoms with van der Waals surface area (Å²) in [6.45, 7) is 1.94. The quantitative estimate of drug-likeness (QED) is 0.581. The van der Waals surface area contributed by atoms with Crippen molar-refractivity contribution in [3.63, 3.8) is 0 Å². The molecule has 6 heteroatoms. The Morgan fingerprint density at radius 1 is 0.875 bits per heavy atom. The van der Waals surface area contributed by atoms with E-state index in [1.54, 1.807) is 10.9 Å². The monoisotopic (exact) mass is 314 g/mol. The maximum Gasteiger partial charge on any atom is 0.190 e. The van der Waals surface area contributed by atoms with Crippen LogP contribution in [0.25, 0.3) is 28.5 Å². The van der Waals surface area contributed by atoms with Gasteiger partial charge in [0, 0.05) is 11.8 Å². The van der Waals surface area contributed by atoms with Gasteiger partial charge in [0.1, 0.15) is 0 Å². The second-order valence-corrected chi connectivity index (χ2v) is 5.31. The molecule has 0 N–H and O–H groups in total. The first-order valence-corrected chi connectivity index (χ1v) is 7.56. The second-order valence-electron chi connectivity index (χ2n) is 5.31. The first kappa shape index (κ1) is 14.2. The molecule has 0 unspecified atom stereocenters. The minimum Gasteiger partial charge on any atom is -0.236 e. The van der Waals surface area contributed by atoms with Gasteiger partial charge in [-0.05, 0) is 29.5 Å². The van der Waals surface area contributed by atoms with Gasteiger partial charge >= 0.3 is 0 Å². The molecule has 4 rings (SSSR count). The first-order chi connectivity index (χ1) is 11.8. The lowest BCUT2D eigenvalue weighted by atomic mass is 10.2. The first-order valence-electron chi connectivity index (χ1n) is 7.56. The summed E-state index contributed by atoms with van der Waals surface area (Å²) >= 11 is 0. The van der Waals surface area contributed by atoms with Crippen molar-refractivity contribution >= 4 is 0 Å². The van der Waals surface area contributed by atoms with Gasteiger partial charge in [-0.15, -0.1) is 5.10 Å². The topological polar surface area (TPSA) is 69.4 Å². The van der Waals surface area contributed by atoms with Crippen molar-refractivity contribution < 1.29 is 0 Å². The predicted molar refractivity (Wildman–Crippen MR) is 90.4 cm³/mol. The summed E-state index contributed by atoms with van der Waals surface area (Å²) in [4.78, 5) is 9.09. The molecule has 2 heterocycles. The van der Waals surface area contributed by atoms with Crippen LogP contribution in [0.5, 0.6) is 0 Å². The van der Waals surface area contributed by atoms with Crippen LogP contribution in [0, 0.1) is 6.92 Å². The molecule has 6 nitrogen and oxygen atoms in total. The number of para-hydroxylation sites is 1. The fourth-order valence-electron chi connectivity index (χ4n) is 2.51. The number of aryl methyl sites for hydroxylation is 1. The Bertz CT molecular complexity index is 963. The normalized spacial score (nSPS) is 10.7. The lowest BCUT2D eigenvalue weighted by Crippen LogP contribution is -2.02. The van der Waals surface area contributed by atoms with E-state index < -0.39 is 0 Å². The van der Waals surface area contributed by atoms with Crippen LogP contribution >= 0.6 is 0 Å². The summed E-state index contributed by atoms with van der Waals surface area (Å²) in [6.07, 6.45) is 1.77. The van der Waals surface area contributed by atoms with Crippen LogP contribution in [-0.4, -0.2) is 30.2 Å². The number of nitrogens with zero attached hydrogens (tertiary/aromatic N) is 6. The molecule has 0 aliphatic carbocycles. The number of rotatable bonds is 3. The fourth-order valence-corrected chi connectivity index (χ4v) is 2.51. The highest BCUT2D eigenvalue weighted by atomic mass is 15.5. The average molecular weight is 314 g/mol. The second kappa shape index (κ2) is 6.00. The molecule has 0 atom stereocenters. The lowest BCUT2D eigenvalue weighted by Gasteiger charge is -2.08. The number of hydrogen-bond acceptors (Lipinski definition) is 5. The van der Waals surface area contributed by atoms with Crippen molar-refractivity contribution in [2.45, 2.75) is 6.92 Å². The minimum absolute atomic E-state index is 0.623. The van der Waals surface area contributed by atoms with Crippen LogP contribution in [0.4, 0.5) is 0 Å². The zero-order valence-electron chi connectivity index (χ0n) is 13.0. The van der Waals surface area contributed by atoms with E-state index in [2.05, 4.69) is 25.5 Å². The summed E-state index contributed by atoms with van der Waals surface area (Å²) in [7, 11) is 0. The Morgan fingerprint density at radius 3 is 2.29 bits per heavy atom. The third-order valence-electron chi connectivity index (χ3n) is 3.72. The van der Waals surface area contributed by atoms with Crippen LogP contribution in [-0.2, 0) is 0 Å². The van der Waals surface area contributed by atoms with Gasteiger partial charge in [0.05, 0.1) is 16.9 Å². The van der Waals surface area contributed by atoms with Crippen LogP contribution in [0.1, 0.15) is 5.69 Å². The van der Waals surface area contributed by atoms with Gasteiger partial charge in [-0.2, -0.15) is 4.68 Å². The zero-order valence-corrected chi connectivity index (χ0v) is 13.0. The maximum absolute atomic E-state index is 4.61. The summed E-state index contributed by atoms with van der Waals surface area (Å²) in [6, 6.07) is 19.6. The number of tetrazole rings is 1. The van der Waals surface area contributed by atoms with Gasteiger partial charge in [0.25, 0.3) is 0 Å². The Balaban J connectivity index is 1.78. The van der Waals surface area contributed by atoms with Crippen LogP contribution in [0.15, 0.2) is 66.9 Å². The van der Waals surface area contributed by atoms with E-state index in [1.807, 2.05) is 67.6 Å². The molecule has 0 aliphatic heterocycles. The van der Waals surface area contributed by atoms with Gasteiger partial charge in [-0.1, -0.05) is 48.5 Å². The maximum atomic E-state index is 4.61. The lowest BCUT2D eigenvalue weighted by molar-refractivity contribution is 0.791. The van der Waals surface area contributed by atoms with E-state index in [-0.39, 0.29) is 0 Å². The molecule has 0 aliphatic rings. The van der Waals surface area contributed by atoms with E-state index in [0.29, 0.717) is 11.6 Å². The molecule has 4 aromatic rings. The number of hydrogen-bond donors (Lipinski definition) is 0. The molecular formula is C18H14N6. The molecule has 0 bridgehead atoms. The molecule has 0 saturated carbocycles. The Hall–Kier alpha value is -3.41. The molecule has 0 radical (unpaired) electrons. The average Bonchev–Trinajstić information content (AvgIpc) is 3.12. The Morgan fingerprint density at radius 2 is 1.58 bits per heavy atom. The Labute approximate surface area is 138 Å². The highest BCUT2D eigenvalue weighted by molar-refractivity contribution is 5.62. The van der Waals surface area contributed by atoms with Gasteiger partial charge in [0.15, 0.2) is 11.6 Å². The smallest absolute Gasteiger partial charge is 0.190 e. The highest BCUT2D eigenvalue weighted by Gasteiger charge is 2.15. The summed E-state index contributed by atoms with van der Waals surface area (Å²) in [5.74, 6) is 1.31. The van der Waals surface area contributed by atoms with E-state index in [0.717, 1.165) is 22.5 Å². The van der Waals surface area contributed by atoms with Crippen molar-refractivity contribution in [3.05, 3.63) is 72.6 Å². The molecular weight excluding hydrogens is 300 g/mol. The summed E-state index contributed by atoms with van der Waals surface area (Å²) < 4.78 is 1.69. The van der Waals surface area contributed by atoms with E-state index >= 15 is 0 Å². The summed E-state index contributed by atoms with van der Waals surface area (Å²) in [5.41, 5.74) is 3.51. The third kappa shape index (κ3) is 2.54. The van der Waals surface area contributed by atoms with Gasteiger partial charge in [0.2, 0.25) is 0 Å². The fraction of sp³-hybridized carbons (Fsp3) is 0.0556. The summed E-state index contributed by atoms with van der Waals surface area (Å²) in [5, 5.41) is 12.0. The zero-order chi connectivity index (χ0) is 16.4. The van der Waals surface area contributed by atoms with E-state index in [1.165, 1.54) is 0 Å². The van der Waals surface area contributed by atoms with Crippen molar-refractivity contribution in [2.75, 3.05) is 0 Å². The van der Waals surface area contributed by atoms with Crippen LogP contribution < -0.4 is 0 Å². The minimum atomic E-state index is 0.623. The Kier molecular flexibility index (Phi) is 3.55. The standard InChI is InChI=1S/C18H14N6/c1-13-16(12-19-17(20-13)14-8-4-2-5-9-14)18-21-22-23-24(18)15-10-6-3-7-11-15/h2-12H,1H3. The van der Waals surface area contributed by atoms with Crippen LogP contribution in [0.2, 0.25) is 0 Å². The molecule has 0 fully saturated rings. The SMILES string of the molecule is Cc1nc(-c2ccccc2)ncc1-c1nnnn1-c1ccccc1. The van der Waals surface area contributed by atoms with Gasteiger partial charge in [-0.25, -0.2) is 9.97 Å². The van der Waals surface area contributed by atoms with Gasteiger partial charge in [-0.3, -0.25) is 0 Å².